The molecule has 8 heteroatoms. The van der Waals surface area contributed by atoms with Crippen LogP contribution in [0, 0.1) is 19.8 Å². The molecule has 148 valence electrons. The van der Waals surface area contributed by atoms with Crippen LogP contribution in [-0.2, 0) is 14.8 Å². The Bertz CT molecular complexity index is 901. The largest absolute Gasteiger partial charge is 0.326 e. The molecule has 0 saturated carbocycles. The number of carbonyl (C=O) groups is 1. The van der Waals surface area contributed by atoms with E-state index in [1.165, 1.54) is 6.07 Å². The van der Waals surface area contributed by atoms with Gasteiger partial charge in [0.2, 0.25) is 5.91 Å². The number of hydrogen-bond donors (Lipinski definition) is 3. The van der Waals surface area contributed by atoms with Gasteiger partial charge in [0.25, 0.3) is 10.0 Å². The van der Waals surface area contributed by atoms with Gasteiger partial charge in [0.1, 0.15) is 0 Å². The number of hydrogen-bond acceptors (Lipinski definition) is 4. The SMILES string of the molecule is CNCC(C)C(=O)Nc1ccc(C)c(S(=O)(=O)Nc2cccc(C)c2)c1.Cl. The van der Waals surface area contributed by atoms with Crippen LogP contribution in [0.25, 0.3) is 0 Å². The van der Waals surface area contributed by atoms with Crippen LogP contribution >= 0.6 is 12.4 Å². The van der Waals surface area contributed by atoms with Crippen molar-refractivity contribution in [2.75, 3.05) is 23.6 Å². The molecule has 0 heterocycles. The fraction of sp³-hybridized carbons (Fsp3) is 0.316. The van der Waals surface area contributed by atoms with E-state index in [1.807, 2.05) is 13.0 Å². The van der Waals surface area contributed by atoms with E-state index in [-0.39, 0.29) is 29.1 Å². The Morgan fingerprint density at radius 3 is 2.41 bits per heavy atom. The molecular formula is C19H26ClN3O3S. The molecule has 0 radical (unpaired) electrons. The van der Waals surface area contributed by atoms with Gasteiger partial charge in [-0.3, -0.25) is 9.52 Å². The normalized spacial score (nSPS) is 12.0. The van der Waals surface area contributed by atoms with Gasteiger partial charge in [0, 0.05) is 23.8 Å². The summed E-state index contributed by atoms with van der Waals surface area (Å²) >= 11 is 0. The van der Waals surface area contributed by atoms with Crippen molar-refractivity contribution in [3.63, 3.8) is 0 Å². The molecule has 0 aromatic heterocycles. The molecule has 0 saturated heterocycles. The third-order valence-corrected chi connectivity index (χ3v) is 5.50. The Kier molecular flexibility index (Phi) is 8.27. The molecule has 0 aliphatic heterocycles. The van der Waals surface area contributed by atoms with E-state index in [2.05, 4.69) is 15.4 Å². The number of anilines is 2. The van der Waals surface area contributed by atoms with Gasteiger partial charge in [-0.2, -0.15) is 0 Å². The van der Waals surface area contributed by atoms with E-state index < -0.39 is 10.0 Å². The number of rotatable bonds is 7. The Balaban J connectivity index is 0.00000364. The van der Waals surface area contributed by atoms with E-state index in [0.717, 1.165) is 5.56 Å². The maximum absolute atomic E-state index is 12.8. The first kappa shape index (κ1) is 23.0. The number of nitrogens with one attached hydrogen (secondary N) is 3. The van der Waals surface area contributed by atoms with Crippen molar-refractivity contribution < 1.29 is 13.2 Å². The topological polar surface area (TPSA) is 87.3 Å². The van der Waals surface area contributed by atoms with E-state index in [4.69, 9.17) is 0 Å². The second kappa shape index (κ2) is 9.73. The van der Waals surface area contributed by atoms with Crippen LogP contribution < -0.4 is 15.4 Å². The fourth-order valence-corrected chi connectivity index (χ4v) is 3.87. The predicted octanol–water partition coefficient (Wildman–Crippen LogP) is 3.32. The van der Waals surface area contributed by atoms with Gasteiger partial charge in [-0.25, -0.2) is 8.42 Å². The summed E-state index contributed by atoms with van der Waals surface area (Å²) in [4.78, 5) is 12.3. The van der Waals surface area contributed by atoms with Crippen LogP contribution in [0.3, 0.4) is 0 Å². The summed E-state index contributed by atoms with van der Waals surface area (Å²) in [5.74, 6) is -0.398. The lowest BCUT2D eigenvalue weighted by atomic mass is 10.1. The number of amides is 1. The minimum Gasteiger partial charge on any atom is -0.326 e. The van der Waals surface area contributed by atoms with Crippen molar-refractivity contribution in [1.29, 1.82) is 0 Å². The number of aryl methyl sites for hydroxylation is 2. The van der Waals surface area contributed by atoms with Gasteiger partial charge < -0.3 is 10.6 Å². The van der Waals surface area contributed by atoms with Crippen molar-refractivity contribution >= 4 is 39.7 Å². The van der Waals surface area contributed by atoms with Gasteiger partial charge in [-0.15, -0.1) is 12.4 Å². The summed E-state index contributed by atoms with van der Waals surface area (Å²) < 4.78 is 28.1. The summed E-state index contributed by atoms with van der Waals surface area (Å²) in [5, 5.41) is 5.71. The Hall–Kier alpha value is -2.09. The van der Waals surface area contributed by atoms with Gasteiger partial charge in [0.05, 0.1) is 4.90 Å². The predicted molar refractivity (Wildman–Crippen MR) is 112 cm³/mol. The molecule has 1 atom stereocenters. The van der Waals surface area contributed by atoms with E-state index in [1.54, 1.807) is 51.2 Å². The highest BCUT2D eigenvalue weighted by molar-refractivity contribution is 7.92. The fourth-order valence-electron chi connectivity index (χ4n) is 2.55. The molecule has 1 amide bonds. The van der Waals surface area contributed by atoms with Gasteiger partial charge in [-0.1, -0.05) is 25.1 Å². The molecule has 2 aromatic rings. The van der Waals surface area contributed by atoms with Crippen molar-refractivity contribution in [3.8, 4) is 0 Å². The molecule has 27 heavy (non-hydrogen) atoms. The van der Waals surface area contributed by atoms with Crippen LogP contribution in [0.1, 0.15) is 18.1 Å². The van der Waals surface area contributed by atoms with Crippen molar-refractivity contribution in [3.05, 3.63) is 53.6 Å². The van der Waals surface area contributed by atoms with E-state index in [0.29, 0.717) is 23.5 Å². The third kappa shape index (κ3) is 6.23. The highest BCUT2D eigenvalue weighted by Gasteiger charge is 2.19. The van der Waals surface area contributed by atoms with Crippen LogP contribution in [0.15, 0.2) is 47.4 Å². The minimum atomic E-state index is -3.76. The molecule has 1 unspecified atom stereocenters. The lowest BCUT2D eigenvalue weighted by molar-refractivity contribution is -0.119. The van der Waals surface area contributed by atoms with Crippen LogP contribution in [0.5, 0.6) is 0 Å². The molecule has 6 nitrogen and oxygen atoms in total. The van der Waals surface area contributed by atoms with E-state index >= 15 is 0 Å². The lowest BCUT2D eigenvalue weighted by Gasteiger charge is -2.15. The number of carbonyl (C=O) groups excluding carboxylic acids is 1. The molecule has 0 fully saturated rings. The maximum Gasteiger partial charge on any atom is 0.262 e. The standard InChI is InChI=1S/C19H25N3O3S.ClH/c1-13-6-5-7-17(10-13)22-26(24,25)18-11-16(9-8-14(18)2)21-19(23)15(3)12-20-4;/h5-11,15,20,22H,12H2,1-4H3,(H,21,23);1H. The van der Waals surface area contributed by atoms with Gasteiger partial charge in [0.15, 0.2) is 0 Å². The molecule has 2 rings (SSSR count). The zero-order chi connectivity index (χ0) is 19.3. The van der Waals surface area contributed by atoms with Crippen LogP contribution in [-0.4, -0.2) is 27.9 Å². The monoisotopic (exact) mass is 411 g/mol. The Morgan fingerprint density at radius 2 is 1.78 bits per heavy atom. The first-order valence-electron chi connectivity index (χ1n) is 8.38. The van der Waals surface area contributed by atoms with Crippen molar-refractivity contribution in [2.24, 2.45) is 5.92 Å². The summed E-state index contributed by atoms with van der Waals surface area (Å²) in [5.41, 5.74) is 2.52. The highest BCUT2D eigenvalue weighted by Crippen LogP contribution is 2.23. The van der Waals surface area contributed by atoms with Gasteiger partial charge in [-0.05, 0) is 56.3 Å². The highest BCUT2D eigenvalue weighted by atomic mass is 35.5. The average molecular weight is 412 g/mol. The summed E-state index contributed by atoms with van der Waals surface area (Å²) in [6.07, 6.45) is 0. The van der Waals surface area contributed by atoms with E-state index in [9.17, 15) is 13.2 Å². The second-order valence-electron chi connectivity index (χ2n) is 6.40. The minimum absolute atomic E-state index is 0. The molecule has 0 bridgehead atoms. The Labute approximate surface area is 167 Å². The zero-order valence-electron chi connectivity index (χ0n) is 15.9. The smallest absolute Gasteiger partial charge is 0.262 e. The first-order valence-corrected chi connectivity index (χ1v) is 9.87. The summed E-state index contributed by atoms with van der Waals surface area (Å²) in [7, 11) is -1.99. The molecule has 0 spiro atoms. The van der Waals surface area contributed by atoms with Crippen molar-refractivity contribution in [2.45, 2.75) is 25.7 Å². The molecular weight excluding hydrogens is 386 g/mol. The number of sulfonamides is 1. The molecule has 0 aliphatic carbocycles. The number of benzene rings is 2. The van der Waals surface area contributed by atoms with Crippen molar-refractivity contribution in [1.82, 2.24) is 5.32 Å². The average Bonchev–Trinajstić information content (AvgIpc) is 2.56. The maximum atomic E-state index is 12.8. The van der Waals surface area contributed by atoms with Crippen LogP contribution in [0.4, 0.5) is 11.4 Å². The first-order chi connectivity index (χ1) is 12.2. The second-order valence-corrected chi connectivity index (χ2v) is 8.05. The quantitative estimate of drug-likeness (QED) is 0.652. The lowest BCUT2D eigenvalue weighted by Crippen LogP contribution is -2.28. The third-order valence-electron chi connectivity index (χ3n) is 3.97. The summed E-state index contributed by atoms with van der Waals surface area (Å²) in [6.45, 7) is 5.96. The van der Waals surface area contributed by atoms with Crippen LogP contribution in [0.2, 0.25) is 0 Å². The zero-order valence-corrected chi connectivity index (χ0v) is 17.5. The molecule has 0 aliphatic rings. The summed E-state index contributed by atoms with van der Waals surface area (Å²) in [6, 6.07) is 12.0. The molecule has 2 aromatic carbocycles. The Morgan fingerprint density at radius 1 is 1.07 bits per heavy atom. The molecule has 3 N–H and O–H groups in total. The number of halogens is 1. The van der Waals surface area contributed by atoms with Gasteiger partial charge >= 0.3 is 0 Å².